The van der Waals surface area contributed by atoms with Crippen molar-refractivity contribution in [2.24, 2.45) is 0 Å². The van der Waals surface area contributed by atoms with Crippen molar-refractivity contribution in [1.29, 1.82) is 0 Å². The molecule has 39 heavy (non-hydrogen) atoms. The van der Waals surface area contributed by atoms with Crippen molar-refractivity contribution in [3.8, 4) is 0 Å². The van der Waals surface area contributed by atoms with E-state index < -0.39 is 11.6 Å². The number of morpholine rings is 1. The molecule has 6 rings (SSSR count). The molecule has 0 bridgehead atoms. The molecular weight excluding hydrogens is 506 g/mol. The van der Waals surface area contributed by atoms with Crippen molar-refractivity contribution in [3.05, 3.63) is 68.9 Å². The minimum Gasteiger partial charge on any atom is -0.440 e. The number of carbonyl (C=O) groups is 1. The van der Waals surface area contributed by atoms with Crippen LogP contribution in [0.1, 0.15) is 27.9 Å². The second kappa shape index (κ2) is 10.2. The molecule has 1 aromatic heterocycles. The van der Waals surface area contributed by atoms with Crippen LogP contribution in [0.4, 0.5) is 20.4 Å². The fourth-order valence-electron chi connectivity index (χ4n) is 5.88. The molecule has 1 amide bonds. The summed E-state index contributed by atoms with van der Waals surface area (Å²) in [5, 5.41) is 0.320. The average molecular weight is 539 g/mol. The van der Waals surface area contributed by atoms with Gasteiger partial charge in [0.1, 0.15) is 17.2 Å². The number of likely N-dealkylation sites (tertiary alicyclic amines) is 1. The Kier molecular flexibility index (Phi) is 6.76. The molecule has 3 aromatic rings. The van der Waals surface area contributed by atoms with Gasteiger partial charge in [-0.2, -0.15) is 0 Å². The summed E-state index contributed by atoms with van der Waals surface area (Å²) >= 11 is 0. The highest BCUT2D eigenvalue weighted by atomic mass is 19.1. The molecule has 3 aliphatic heterocycles. The van der Waals surface area contributed by atoms with Crippen molar-refractivity contribution >= 4 is 28.4 Å². The molecule has 3 aliphatic rings. The van der Waals surface area contributed by atoms with Gasteiger partial charge in [-0.1, -0.05) is 0 Å². The van der Waals surface area contributed by atoms with E-state index in [-0.39, 0.29) is 23.9 Å². The van der Waals surface area contributed by atoms with Gasteiger partial charge in [0.05, 0.1) is 18.6 Å². The van der Waals surface area contributed by atoms with Crippen molar-refractivity contribution in [1.82, 2.24) is 9.80 Å². The molecule has 2 fully saturated rings. The van der Waals surface area contributed by atoms with Gasteiger partial charge in [-0.3, -0.25) is 9.59 Å². The van der Waals surface area contributed by atoms with Gasteiger partial charge >= 0.3 is 0 Å². The molecule has 2 saturated heterocycles. The maximum absolute atomic E-state index is 14.5. The van der Waals surface area contributed by atoms with E-state index in [0.717, 1.165) is 12.5 Å². The van der Waals surface area contributed by atoms with Crippen molar-refractivity contribution in [3.63, 3.8) is 0 Å². The van der Waals surface area contributed by atoms with Crippen LogP contribution in [-0.4, -0.2) is 81.8 Å². The highest BCUT2D eigenvalue weighted by molar-refractivity contribution is 5.99. The maximum Gasteiger partial charge on any atom is 0.253 e. The molecule has 1 atom stereocenters. The fraction of sp³-hybridized carbons (Fsp3) is 0.448. The molecule has 8 nitrogen and oxygen atoms in total. The first-order valence-electron chi connectivity index (χ1n) is 13.4. The van der Waals surface area contributed by atoms with Gasteiger partial charge in [0, 0.05) is 79.8 Å². The van der Waals surface area contributed by atoms with E-state index >= 15 is 0 Å². The van der Waals surface area contributed by atoms with Gasteiger partial charge in [0.2, 0.25) is 0 Å². The minimum atomic E-state index is -0.641. The van der Waals surface area contributed by atoms with E-state index in [1.807, 2.05) is 28.8 Å². The molecule has 0 saturated carbocycles. The van der Waals surface area contributed by atoms with Crippen LogP contribution in [0.15, 0.2) is 39.5 Å². The number of likely N-dealkylation sites (N-methyl/N-ethyl adjacent to an activating group) is 1. The topological polar surface area (TPSA) is 69.5 Å². The molecule has 2 aromatic carbocycles. The number of benzene rings is 2. The van der Waals surface area contributed by atoms with E-state index in [2.05, 4.69) is 4.90 Å². The lowest BCUT2D eigenvalue weighted by atomic mass is 10.0. The van der Waals surface area contributed by atoms with Crippen LogP contribution in [0.2, 0.25) is 0 Å². The molecule has 206 valence electrons. The number of carbonyl (C=O) groups excluding carboxylic acids is 1. The smallest absolute Gasteiger partial charge is 0.253 e. The van der Waals surface area contributed by atoms with E-state index in [4.69, 9.17) is 9.15 Å². The van der Waals surface area contributed by atoms with Gasteiger partial charge in [-0.25, -0.2) is 8.78 Å². The predicted molar refractivity (Wildman–Crippen MR) is 145 cm³/mol. The monoisotopic (exact) mass is 538 g/mol. The summed E-state index contributed by atoms with van der Waals surface area (Å²) in [6, 6.07) is 7.38. The molecule has 1 unspecified atom stereocenters. The summed E-state index contributed by atoms with van der Waals surface area (Å²) in [6.45, 7) is 4.24. The lowest BCUT2D eigenvalue weighted by Gasteiger charge is -2.27. The Balaban J connectivity index is 1.42. The summed E-state index contributed by atoms with van der Waals surface area (Å²) in [4.78, 5) is 34.8. The van der Waals surface area contributed by atoms with Crippen LogP contribution < -0.4 is 15.2 Å². The highest BCUT2D eigenvalue weighted by Gasteiger charge is 2.30. The van der Waals surface area contributed by atoms with Gasteiger partial charge in [-0.15, -0.1) is 0 Å². The highest BCUT2D eigenvalue weighted by Crippen LogP contribution is 2.34. The number of amides is 1. The summed E-state index contributed by atoms with van der Waals surface area (Å²) in [5.74, 6) is -0.897. The third-order valence-corrected chi connectivity index (χ3v) is 8.11. The van der Waals surface area contributed by atoms with E-state index in [0.29, 0.717) is 91.6 Å². The minimum absolute atomic E-state index is 0.141. The second-order valence-electron chi connectivity index (χ2n) is 10.8. The number of anilines is 2. The zero-order chi connectivity index (χ0) is 27.3. The van der Waals surface area contributed by atoms with Crippen molar-refractivity contribution < 1.29 is 22.7 Å². The first-order chi connectivity index (χ1) is 18.8. The van der Waals surface area contributed by atoms with Crippen LogP contribution >= 0.6 is 0 Å². The summed E-state index contributed by atoms with van der Waals surface area (Å²) in [5.41, 5.74) is 2.14. The van der Waals surface area contributed by atoms with E-state index in [1.165, 1.54) is 12.1 Å². The zero-order valence-corrected chi connectivity index (χ0v) is 22.2. The maximum atomic E-state index is 14.5. The summed E-state index contributed by atoms with van der Waals surface area (Å²) in [7, 11) is 4.01. The third-order valence-electron chi connectivity index (χ3n) is 8.11. The Hall–Kier alpha value is -3.50. The Morgan fingerprint density at radius 1 is 1.05 bits per heavy atom. The largest absolute Gasteiger partial charge is 0.440 e. The number of rotatable bonds is 5. The third kappa shape index (κ3) is 4.87. The van der Waals surface area contributed by atoms with Crippen LogP contribution in [0.3, 0.4) is 0 Å². The summed E-state index contributed by atoms with van der Waals surface area (Å²) < 4.78 is 40.4. The number of nitrogens with zero attached hydrogens (tertiary/aromatic N) is 4. The van der Waals surface area contributed by atoms with Gasteiger partial charge in [0.15, 0.2) is 11.3 Å². The summed E-state index contributed by atoms with van der Waals surface area (Å²) in [6.07, 6.45) is 1.33. The Morgan fingerprint density at radius 3 is 2.59 bits per heavy atom. The average Bonchev–Trinajstić information content (AvgIpc) is 3.57. The first kappa shape index (κ1) is 25.8. The van der Waals surface area contributed by atoms with Crippen molar-refractivity contribution in [2.75, 3.05) is 69.8 Å². The van der Waals surface area contributed by atoms with Crippen LogP contribution in [-0.2, 0) is 17.7 Å². The molecule has 10 heteroatoms. The Labute approximate surface area is 225 Å². The lowest BCUT2D eigenvalue weighted by molar-refractivity contribution is 0.0783. The number of hydrogen-bond donors (Lipinski definition) is 0. The molecular formula is C29H32F2N4O4. The van der Waals surface area contributed by atoms with Crippen LogP contribution in [0.5, 0.6) is 0 Å². The Morgan fingerprint density at radius 2 is 1.85 bits per heavy atom. The SMILES string of the molecule is CN(C)C1CCN(C(=O)c2cc(CN3CCc4c(F)cc(F)cc43)c3oc(N4CCOCC4)cc(=O)c3c2)C1. The van der Waals surface area contributed by atoms with E-state index in [1.54, 1.807) is 12.1 Å². The standard InChI is InChI=1S/C29H32F2N4O4/c1-32(2)21-3-5-35(17-21)29(37)18-11-19(16-34-6-4-22-24(31)13-20(30)14-25(22)34)28-23(12-18)26(36)15-27(39-28)33-7-9-38-10-8-33/h11-15,21H,3-10,16-17H2,1-2H3. The molecule has 0 spiro atoms. The van der Waals surface area contributed by atoms with Gasteiger partial charge in [-0.05, 0) is 45.1 Å². The Bertz CT molecular complexity index is 1480. The molecule has 0 radical (unpaired) electrons. The molecule has 0 aliphatic carbocycles. The van der Waals surface area contributed by atoms with Gasteiger partial charge < -0.3 is 28.8 Å². The van der Waals surface area contributed by atoms with E-state index in [9.17, 15) is 18.4 Å². The molecule has 4 heterocycles. The van der Waals surface area contributed by atoms with Crippen LogP contribution in [0, 0.1) is 11.6 Å². The molecule has 0 N–H and O–H groups in total. The second-order valence-corrected chi connectivity index (χ2v) is 10.8. The first-order valence-corrected chi connectivity index (χ1v) is 13.4. The van der Waals surface area contributed by atoms with Crippen LogP contribution in [0.25, 0.3) is 11.0 Å². The normalized spacial score (nSPS) is 19.4. The van der Waals surface area contributed by atoms with Gasteiger partial charge in [0.25, 0.3) is 5.91 Å². The number of fused-ring (bicyclic) bond motifs is 2. The number of hydrogen-bond acceptors (Lipinski definition) is 7. The lowest BCUT2D eigenvalue weighted by Crippen LogP contribution is -2.36. The number of halogens is 2. The zero-order valence-electron chi connectivity index (χ0n) is 22.2. The predicted octanol–water partition coefficient (Wildman–Crippen LogP) is 3.25. The quantitative estimate of drug-likeness (QED) is 0.494. The van der Waals surface area contributed by atoms with Crippen molar-refractivity contribution in [2.45, 2.75) is 25.4 Å². The fourth-order valence-corrected chi connectivity index (χ4v) is 5.88. The number of ether oxygens (including phenoxy) is 1.